The highest BCUT2D eigenvalue weighted by Gasteiger charge is 2.13. The molecule has 1 atom stereocenters. The minimum atomic E-state index is -0.935. The third kappa shape index (κ3) is 2.58. The van der Waals surface area contributed by atoms with Crippen molar-refractivity contribution in [1.29, 1.82) is 0 Å². The second-order valence-corrected chi connectivity index (χ2v) is 2.91. The maximum Gasteiger partial charge on any atom is 0.308 e. The number of imidazole rings is 1. The van der Waals surface area contributed by atoms with Crippen LogP contribution in [0, 0.1) is 5.92 Å². The fourth-order valence-electron chi connectivity index (χ4n) is 0.808. The van der Waals surface area contributed by atoms with E-state index in [2.05, 4.69) is 15.3 Å². The van der Waals surface area contributed by atoms with Gasteiger partial charge >= 0.3 is 5.97 Å². The van der Waals surface area contributed by atoms with Crippen LogP contribution < -0.4 is 5.32 Å². The van der Waals surface area contributed by atoms with Gasteiger partial charge in [0.25, 0.3) is 5.91 Å². The van der Waals surface area contributed by atoms with Crippen LogP contribution in [0.15, 0.2) is 12.5 Å². The zero-order valence-corrected chi connectivity index (χ0v) is 7.65. The SMILES string of the molecule is CC(CNC(=O)c1cnc[nH]1)C(=O)O. The first-order chi connectivity index (χ1) is 6.61. The molecular formula is C8H11N3O3. The Kier molecular flexibility index (Phi) is 3.22. The summed E-state index contributed by atoms with van der Waals surface area (Å²) in [5.74, 6) is -1.88. The van der Waals surface area contributed by atoms with Gasteiger partial charge in [0.15, 0.2) is 0 Å². The lowest BCUT2D eigenvalue weighted by atomic mass is 10.2. The molecule has 3 N–H and O–H groups in total. The molecule has 0 aliphatic heterocycles. The Morgan fingerprint density at radius 2 is 2.43 bits per heavy atom. The number of hydrogen-bond donors (Lipinski definition) is 3. The lowest BCUT2D eigenvalue weighted by molar-refractivity contribution is -0.140. The average Bonchev–Trinajstić information content (AvgIpc) is 2.66. The van der Waals surface area contributed by atoms with Crippen LogP contribution in [-0.2, 0) is 4.79 Å². The predicted molar refractivity (Wildman–Crippen MR) is 47.7 cm³/mol. The minimum absolute atomic E-state index is 0.104. The van der Waals surface area contributed by atoms with E-state index in [0.29, 0.717) is 5.69 Å². The number of nitrogens with zero attached hydrogens (tertiary/aromatic N) is 1. The first-order valence-electron chi connectivity index (χ1n) is 4.10. The van der Waals surface area contributed by atoms with Gasteiger partial charge in [0.05, 0.1) is 18.4 Å². The van der Waals surface area contributed by atoms with Crippen LogP contribution in [0.2, 0.25) is 0 Å². The van der Waals surface area contributed by atoms with Gasteiger partial charge in [0.2, 0.25) is 0 Å². The number of carbonyl (C=O) groups excluding carboxylic acids is 1. The lowest BCUT2D eigenvalue weighted by Crippen LogP contribution is -2.31. The molecule has 1 unspecified atom stereocenters. The van der Waals surface area contributed by atoms with Gasteiger partial charge in [-0.25, -0.2) is 4.98 Å². The Labute approximate surface area is 80.4 Å². The zero-order valence-electron chi connectivity index (χ0n) is 7.65. The van der Waals surface area contributed by atoms with Gasteiger partial charge in [-0.15, -0.1) is 0 Å². The minimum Gasteiger partial charge on any atom is -0.481 e. The molecule has 0 radical (unpaired) electrons. The Morgan fingerprint density at radius 1 is 1.71 bits per heavy atom. The number of amides is 1. The van der Waals surface area contributed by atoms with E-state index < -0.39 is 11.9 Å². The first-order valence-corrected chi connectivity index (χ1v) is 4.10. The smallest absolute Gasteiger partial charge is 0.308 e. The van der Waals surface area contributed by atoms with E-state index >= 15 is 0 Å². The zero-order chi connectivity index (χ0) is 10.6. The number of aromatic nitrogens is 2. The van der Waals surface area contributed by atoms with Gasteiger partial charge in [0.1, 0.15) is 5.69 Å². The Bertz CT molecular complexity index is 321. The molecule has 1 aromatic rings. The number of aliphatic carboxylic acids is 1. The van der Waals surface area contributed by atoms with Gasteiger partial charge in [-0.2, -0.15) is 0 Å². The van der Waals surface area contributed by atoms with Crippen LogP contribution in [0.5, 0.6) is 0 Å². The van der Waals surface area contributed by atoms with E-state index in [4.69, 9.17) is 5.11 Å². The first kappa shape index (κ1) is 10.2. The second kappa shape index (κ2) is 4.40. The number of carboxylic acid groups (broad SMARTS) is 1. The number of H-pyrrole nitrogens is 1. The number of carboxylic acids is 1. The molecule has 0 saturated carbocycles. The van der Waals surface area contributed by atoms with Crippen LogP contribution in [0.25, 0.3) is 0 Å². The molecule has 0 fully saturated rings. The average molecular weight is 197 g/mol. The van der Waals surface area contributed by atoms with Crippen LogP contribution in [0.3, 0.4) is 0 Å². The summed E-state index contributed by atoms with van der Waals surface area (Å²) in [7, 11) is 0. The largest absolute Gasteiger partial charge is 0.481 e. The molecule has 0 aliphatic rings. The molecule has 0 aromatic carbocycles. The summed E-state index contributed by atoms with van der Waals surface area (Å²) in [4.78, 5) is 28.0. The summed E-state index contributed by atoms with van der Waals surface area (Å²) < 4.78 is 0. The van der Waals surface area contributed by atoms with Crippen molar-refractivity contribution < 1.29 is 14.7 Å². The summed E-state index contributed by atoms with van der Waals surface area (Å²) in [6.07, 6.45) is 2.76. The van der Waals surface area contributed by atoms with Crippen LogP contribution in [0.4, 0.5) is 0 Å². The van der Waals surface area contributed by atoms with Crippen molar-refractivity contribution in [3.8, 4) is 0 Å². The predicted octanol–water partition coefficient (Wildman–Crippen LogP) is -0.140. The summed E-state index contributed by atoms with van der Waals surface area (Å²) in [6.45, 7) is 1.63. The lowest BCUT2D eigenvalue weighted by Gasteiger charge is -2.06. The molecule has 1 amide bonds. The Hall–Kier alpha value is -1.85. The molecule has 6 heteroatoms. The van der Waals surface area contributed by atoms with Crippen LogP contribution in [0.1, 0.15) is 17.4 Å². The highest BCUT2D eigenvalue weighted by atomic mass is 16.4. The highest BCUT2D eigenvalue weighted by Crippen LogP contribution is 1.94. The van der Waals surface area contributed by atoms with Crippen molar-refractivity contribution in [1.82, 2.24) is 15.3 Å². The summed E-state index contributed by atoms with van der Waals surface area (Å²) in [6, 6.07) is 0. The van der Waals surface area contributed by atoms with Crippen molar-refractivity contribution >= 4 is 11.9 Å². The van der Waals surface area contributed by atoms with Gasteiger partial charge in [-0.3, -0.25) is 9.59 Å². The number of nitrogens with one attached hydrogen (secondary N) is 2. The fourth-order valence-corrected chi connectivity index (χ4v) is 0.808. The third-order valence-corrected chi connectivity index (χ3v) is 1.73. The summed E-state index contributed by atoms with van der Waals surface area (Å²) in [5.41, 5.74) is 0.322. The van der Waals surface area contributed by atoms with E-state index in [-0.39, 0.29) is 12.5 Å². The molecule has 1 aromatic heterocycles. The molecule has 6 nitrogen and oxygen atoms in total. The molecule has 0 aliphatic carbocycles. The van der Waals surface area contributed by atoms with E-state index in [0.717, 1.165) is 0 Å². The molecular weight excluding hydrogens is 186 g/mol. The maximum atomic E-state index is 11.3. The highest BCUT2D eigenvalue weighted by molar-refractivity contribution is 5.92. The van der Waals surface area contributed by atoms with E-state index in [1.165, 1.54) is 19.4 Å². The van der Waals surface area contributed by atoms with Gasteiger partial charge in [-0.1, -0.05) is 6.92 Å². The maximum absolute atomic E-state index is 11.3. The van der Waals surface area contributed by atoms with E-state index in [9.17, 15) is 9.59 Å². The quantitative estimate of drug-likeness (QED) is 0.626. The molecule has 1 rings (SSSR count). The number of rotatable bonds is 4. The fraction of sp³-hybridized carbons (Fsp3) is 0.375. The monoisotopic (exact) mass is 197 g/mol. The van der Waals surface area contributed by atoms with Crippen molar-refractivity contribution in [3.63, 3.8) is 0 Å². The van der Waals surface area contributed by atoms with E-state index in [1.54, 1.807) is 0 Å². The standard InChI is InChI=1S/C8H11N3O3/c1-5(8(13)14)2-10-7(12)6-3-9-4-11-6/h3-5H,2H2,1H3,(H,9,11)(H,10,12)(H,13,14). The number of aromatic amines is 1. The second-order valence-electron chi connectivity index (χ2n) is 2.91. The molecule has 1 heterocycles. The Morgan fingerprint density at radius 3 is 2.93 bits per heavy atom. The van der Waals surface area contributed by atoms with Crippen LogP contribution >= 0.6 is 0 Å². The van der Waals surface area contributed by atoms with Gasteiger partial charge < -0.3 is 15.4 Å². The van der Waals surface area contributed by atoms with Crippen LogP contribution in [-0.4, -0.2) is 33.5 Å². The molecule has 14 heavy (non-hydrogen) atoms. The summed E-state index contributed by atoms with van der Waals surface area (Å²) in [5, 5.41) is 11.0. The van der Waals surface area contributed by atoms with E-state index in [1.807, 2.05) is 0 Å². The molecule has 0 bridgehead atoms. The molecule has 76 valence electrons. The van der Waals surface area contributed by atoms with Crippen molar-refractivity contribution in [3.05, 3.63) is 18.2 Å². The van der Waals surface area contributed by atoms with Crippen molar-refractivity contribution in [2.24, 2.45) is 5.92 Å². The van der Waals surface area contributed by atoms with Gasteiger partial charge in [-0.05, 0) is 0 Å². The topological polar surface area (TPSA) is 95.1 Å². The third-order valence-electron chi connectivity index (χ3n) is 1.73. The Balaban J connectivity index is 2.40. The van der Waals surface area contributed by atoms with Gasteiger partial charge in [0, 0.05) is 6.54 Å². The molecule has 0 spiro atoms. The molecule has 0 saturated heterocycles. The number of hydrogen-bond acceptors (Lipinski definition) is 3. The number of carbonyl (C=O) groups is 2. The normalized spacial score (nSPS) is 12.1. The summed E-state index contributed by atoms with van der Waals surface area (Å²) >= 11 is 0. The van der Waals surface area contributed by atoms with Crippen molar-refractivity contribution in [2.75, 3.05) is 6.54 Å². The van der Waals surface area contributed by atoms with Crippen molar-refractivity contribution in [2.45, 2.75) is 6.92 Å².